The summed E-state index contributed by atoms with van der Waals surface area (Å²) in [5.41, 5.74) is 0. The Morgan fingerprint density at radius 3 is 2.14 bits per heavy atom. The highest BCUT2D eigenvalue weighted by atomic mass is 16.5. The fourth-order valence-electron chi connectivity index (χ4n) is 1.01. The Morgan fingerprint density at radius 1 is 1.29 bits per heavy atom. The van der Waals surface area contributed by atoms with Crippen LogP contribution in [0.15, 0.2) is 6.07 Å². The molecular formula is C9H14N2O3. The Hall–Kier alpha value is -1.36. The van der Waals surface area contributed by atoms with E-state index in [2.05, 4.69) is 9.97 Å². The second kappa shape index (κ2) is 4.76. The maximum atomic E-state index is 9.17. The third-order valence-corrected chi connectivity index (χ3v) is 1.62. The Morgan fingerprint density at radius 2 is 1.79 bits per heavy atom. The molecule has 1 aromatic rings. The summed E-state index contributed by atoms with van der Waals surface area (Å²) < 4.78 is 9.93. The minimum atomic E-state index is -0.480. The van der Waals surface area contributed by atoms with Gasteiger partial charge in [0.15, 0.2) is 0 Å². The topological polar surface area (TPSA) is 64.5 Å². The molecule has 0 saturated carbocycles. The second-order valence-electron chi connectivity index (χ2n) is 2.92. The molecule has 0 aliphatic heterocycles. The van der Waals surface area contributed by atoms with Crippen molar-refractivity contribution in [2.24, 2.45) is 0 Å². The number of aromatic nitrogens is 2. The van der Waals surface area contributed by atoms with Gasteiger partial charge in [0.1, 0.15) is 5.82 Å². The molecule has 0 bridgehead atoms. The number of nitrogens with zero attached hydrogens (tertiary/aromatic N) is 2. The molecule has 0 aliphatic carbocycles. The maximum Gasteiger partial charge on any atom is 0.220 e. The van der Waals surface area contributed by atoms with Gasteiger partial charge in [-0.3, -0.25) is 0 Å². The van der Waals surface area contributed by atoms with Crippen molar-refractivity contribution in [1.29, 1.82) is 0 Å². The van der Waals surface area contributed by atoms with Crippen LogP contribution in [0, 0.1) is 0 Å². The molecule has 0 aliphatic rings. The van der Waals surface area contributed by atoms with Crippen LogP contribution in [0.5, 0.6) is 11.8 Å². The normalized spacial score (nSPS) is 12.3. The van der Waals surface area contributed by atoms with Gasteiger partial charge in [-0.25, -0.2) is 0 Å². The Labute approximate surface area is 82.7 Å². The molecule has 1 heterocycles. The molecule has 5 heteroatoms. The van der Waals surface area contributed by atoms with E-state index in [9.17, 15) is 5.11 Å². The van der Waals surface area contributed by atoms with Crippen LogP contribution in [0.4, 0.5) is 0 Å². The minimum Gasteiger partial charge on any atom is -0.481 e. The standard InChI is InChI=1S/C9H14N2O3/c1-6(12)4-7-10-8(13-2)5-9(11-7)14-3/h5-6,12H,4H2,1-3H3. The third-order valence-electron chi connectivity index (χ3n) is 1.62. The van der Waals surface area contributed by atoms with Crippen molar-refractivity contribution in [2.75, 3.05) is 14.2 Å². The van der Waals surface area contributed by atoms with Crippen LogP contribution in [0.2, 0.25) is 0 Å². The molecule has 78 valence electrons. The van der Waals surface area contributed by atoms with Gasteiger partial charge in [0.05, 0.1) is 26.4 Å². The Kier molecular flexibility index (Phi) is 3.64. The van der Waals surface area contributed by atoms with Crippen LogP contribution in [-0.2, 0) is 6.42 Å². The van der Waals surface area contributed by atoms with E-state index >= 15 is 0 Å². The molecular weight excluding hydrogens is 184 g/mol. The van der Waals surface area contributed by atoms with Crippen LogP contribution in [-0.4, -0.2) is 35.4 Å². The average molecular weight is 198 g/mol. The van der Waals surface area contributed by atoms with Gasteiger partial charge in [-0.2, -0.15) is 9.97 Å². The molecule has 1 rings (SSSR count). The zero-order chi connectivity index (χ0) is 10.6. The van der Waals surface area contributed by atoms with E-state index in [1.807, 2.05) is 0 Å². The number of aliphatic hydroxyl groups excluding tert-OH is 1. The molecule has 1 atom stereocenters. The average Bonchev–Trinajstić information content (AvgIpc) is 2.16. The highest BCUT2D eigenvalue weighted by molar-refractivity contribution is 5.20. The van der Waals surface area contributed by atoms with Crippen LogP contribution in [0.1, 0.15) is 12.7 Å². The lowest BCUT2D eigenvalue weighted by Gasteiger charge is -2.07. The number of rotatable bonds is 4. The first-order valence-corrected chi connectivity index (χ1v) is 4.29. The van der Waals surface area contributed by atoms with Crippen molar-refractivity contribution in [3.8, 4) is 11.8 Å². The molecule has 0 aromatic carbocycles. The van der Waals surface area contributed by atoms with Gasteiger partial charge in [-0.15, -0.1) is 0 Å². The molecule has 0 fully saturated rings. The van der Waals surface area contributed by atoms with Crippen LogP contribution in [0.3, 0.4) is 0 Å². The number of aliphatic hydroxyl groups is 1. The summed E-state index contributed by atoms with van der Waals surface area (Å²) in [5, 5.41) is 9.17. The predicted molar refractivity (Wildman–Crippen MR) is 50.5 cm³/mol. The summed E-state index contributed by atoms with van der Waals surface area (Å²) in [6.45, 7) is 1.68. The highest BCUT2D eigenvalue weighted by Crippen LogP contribution is 2.15. The lowest BCUT2D eigenvalue weighted by Crippen LogP contribution is -2.09. The van der Waals surface area contributed by atoms with Gasteiger partial charge < -0.3 is 14.6 Å². The molecule has 1 unspecified atom stereocenters. The van der Waals surface area contributed by atoms with Gasteiger partial charge >= 0.3 is 0 Å². The van der Waals surface area contributed by atoms with Crippen molar-refractivity contribution in [3.05, 3.63) is 11.9 Å². The quantitative estimate of drug-likeness (QED) is 0.759. The van der Waals surface area contributed by atoms with E-state index in [0.717, 1.165) is 0 Å². The Balaban J connectivity index is 2.92. The zero-order valence-electron chi connectivity index (χ0n) is 8.52. The first-order valence-electron chi connectivity index (χ1n) is 4.29. The molecule has 0 spiro atoms. The molecule has 1 aromatic heterocycles. The summed E-state index contributed by atoms with van der Waals surface area (Å²) >= 11 is 0. The van der Waals surface area contributed by atoms with Gasteiger partial charge in [0.25, 0.3) is 0 Å². The first kappa shape index (κ1) is 10.7. The maximum absolute atomic E-state index is 9.17. The van der Waals surface area contributed by atoms with E-state index < -0.39 is 6.10 Å². The van der Waals surface area contributed by atoms with Gasteiger partial charge in [0.2, 0.25) is 11.8 Å². The largest absolute Gasteiger partial charge is 0.481 e. The van der Waals surface area contributed by atoms with E-state index in [1.54, 1.807) is 13.0 Å². The molecule has 14 heavy (non-hydrogen) atoms. The van der Waals surface area contributed by atoms with Crippen LogP contribution < -0.4 is 9.47 Å². The zero-order valence-corrected chi connectivity index (χ0v) is 8.52. The van der Waals surface area contributed by atoms with Gasteiger partial charge in [-0.1, -0.05) is 0 Å². The first-order chi connectivity index (χ1) is 6.65. The molecule has 0 saturated heterocycles. The van der Waals surface area contributed by atoms with Gasteiger partial charge in [0, 0.05) is 6.42 Å². The van der Waals surface area contributed by atoms with Crippen LogP contribution >= 0.6 is 0 Å². The molecule has 0 radical (unpaired) electrons. The summed E-state index contributed by atoms with van der Waals surface area (Å²) in [6.07, 6.45) is -0.0973. The lowest BCUT2D eigenvalue weighted by molar-refractivity contribution is 0.192. The summed E-state index contributed by atoms with van der Waals surface area (Å²) in [6, 6.07) is 1.59. The summed E-state index contributed by atoms with van der Waals surface area (Å²) in [4.78, 5) is 8.13. The van der Waals surface area contributed by atoms with Crippen molar-refractivity contribution < 1.29 is 14.6 Å². The lowest BCUT2D eigenvalue weighted by atomic mass is 10.3. The second-order valence-corrected chi connectivity index (χ2v) is 2.92. The van der Waals surface area contributed by atoms with Crippen molar-refractivity contribution in [1.82, 2.24) is 9.97 Å². The third kappa shape index (κ3) is 2.85. The number of hydrogen-bond acceptors (Lipinski definition) is 5. The SMILES string of the molecule is COc1cc(OC)nc(CC(C)O)n1. The predicted octanol–water partition coefficient (Wildman–Crippen LogP) is 0.417. The van der Waals surface area contributed by atoms with Crippen LogP contribution in [0.25, 0.3) is 0 Å². The molecule has 0 amide bonds. The van der Waals surface area contributed by atoms with E-state index in [1.165, 1.54) is 14.2 Å². The smallest absolute Gasteiger partial charge is 0.220 e. The minimum absolute atomic E-state index is 0.382. The summed E-state index contributed by atoms with van der Waals surface area (Å²) in [7, 11) is 3.04. The van der Waals surface area contributed by atoms with E-state index in [-0.39, 0.29) is 0 Å². The van der Waals surface area contributed by atoms with E-state index in [4.69, 9.17) is 9.47 Å². The van der Waals surface area contributed by atoms with Gasteiger partial charge in [-0.05, 0) is 6.92 Å². The highest BCUT2D eigenvalue weighted by Gasteiger charge is 2.07. The number of methoxy groups -OCH3 is 2. The monoisotopic (exact) mass is 198 g/mol. The van der Waals surface area contributed by atoms with Crippen molar-refractivity contribution in [2.45, 2.75) is 19.4 Å². The molecule has 1 N–H and O–H groups in total. The molecule has 5 nitrogen and oxygen atoms in total. The number of hydrogen-bond donors (Lipinski definition) is 1. The van der Waals surface area contributed by atoms with E-state index in [0.29, 0.717) is 24.0 Å². The fourth-order valence-corrected chi connectivity index (χ4v) is 1.01. The Bertz CT molecular complexity index is 280. The number of ether oxygens (including phenoxy) is 2. The summed E-state index contributed by atoms with van der Waals surface area (Å²) in [5.74, 6) is 1.39. The van der Waals surface area contributed by atoms with Crippen molar-refractivity contribution >= 4 is 0 Å². The fraction of sp³-hybridized carbons (Fsp3) is 0.556. The van der Waals surface area contributed by atoms with Crippen molar-refractivity contribution in [3.63, 3.8) is 0 Å².